The predicted octanol–water partition coefficient (Wildman–Crippen LogP) is 3.45. The van der Waals surface area contributed by atoms with E-state index in [0.29, 0.717) is 18.0 Å². The minimum absolute atomic E-state index is 0.0400. The Morgan fingerprint density at radius 3 is 2.69 bits per heavy atom. The fraction of sp³-hybridized carbons (Fsp3) is 0.211. The van der Waals surface area contributed by atoms with Gasteiger partial charge >= 0.3 is 0 Å². The Labute approximate surface area is 155 Å². The van der Waals surface area contributed by atoms with E-state index in [0.717, 1.165) is 35.4 Å². The van der Waals surface area contributed by atoms with Crippen molar-refractivity contribution in [2.24, 2.45) is 0 Å². The maximum Gasteiger partial charge on any atom is 0.298 e. The number of hydrogen-bond acceptors (Lipinski definition) is 6. The van der Waals surface area contributed by atoms with E-state index in [4.69, 9.17) is 4.74 Å². The van der Waals surface area contributed by atoms with Crippen LogP contribution in [0.15, 0.2) is 60.1 Å². The fourth-order valence-corrected chi connectivity index (χ4v) is 3.77. The number of para-hydroxylation sites is 2. The number of imide groups is 1. The van der Waals surface area contributed by atoms with E-state index in [1.54, 1.807) is 24.4 Å². The van der Waals surface area contributed by atoms with Crippen LogP contribution in [0.1, 0.15) is 6.42 Å². The molecule has 4 rings (SSSR count). The molecule has 2 aromatic rings. The molecule has 2 saturated heterocycles. The minimum Gasteiger partial charge on any atom is -0.486 e. The summed E-state index contributed by atoms with van der Waals surface area (Å²) >= 11 is 0.852. The quantitative estimate of drug-likeness (QED) is 0.772. The van der Waals surface area contributed by atoms with Gasteiger partial charge in [0.15, 0.2) is 0 Å². The molecule has 2 amide bonds. The first-order chi connectivity index (χ1) is 12.6. The summed E-state index contributed by atoms with van der Waals surface area (Å²) in [6, 6.07) is 12.9. The summed E-state index contributed by atoms with van der Waals surface area (Å²) in [5, 5.41) is -0.349. The van der Waals surface area contributed by atoms with Crippen LogP contribution >= 0.6 is 11.8 Å². The Morgan fingerprint density at radius 1 is 1.15 bits per heavy atom. The van der Waals surface area contributed by atoms with Crippen LogP contribution in [0.3, 0.4) is 0 Å². The average molecular weight is 367 g/mol. The van der Waals surface area contributed by atoms with Crippen LogP contribution in [0.5, 0.6) is 5.75 Å². The van der Waals surface area contributed by atoms with Crippen LogP contribution in [-0.4, -0.2) is 35.3 Å². The molecule has 0 radical (unpaired) electrons. The molecule has 3 heterocycles. The number of nitrogens with zero attached hydrogens (tertiary/aromatic N) is 3. The van der Waals surface area contributed by atoms with Crippen LogP contribution in [0, 0.1) is 0 Å². The molecule has 7 heteroatoms. The van der Waals surface area contributed by atoms with E-state index in [9.17, 15) is 9.59 Å². The van der Waals surface area contributed by atoms with E-state index < -0.39 is 5.91 Å². The first kappa shape index (κ1) is 16.7. The van der Waals surface area contributed by atoms with E-state index >= 15 is 0 Å². The molecule has 2 aliphatic rings. The van der Waals surface area contributed by atoms with E-state index in [1.807, 2.05) is 24.3 Å². The van der Waals surface area contributed by atoms with Gasteiger partial charge in [0.1, 0.15) is 17.7 Å². The second kappa shape index (κ2) is 6.84. The maximum atomic E-state index is 12.3. The number of pyridine rings is 1. The Hall–Kier alpha value is -2.80. The molecule has 0 aliphatic carbocycles. The van der Waals surface area contributed by atoms with Gasteiger partial charge in [-0.25, -0.2) is 9.88 Å². The Kier molecular flexibility index (Phi) is 4.38. The van der Waals surface area contributed by atoms with Crippen molar-refractivity contribution in [3.8, 4) is 5.75 Å². The van der Waals surface area contributed by atoms with E-state index in [1.165, 1.54) is 0 Å². The highest BCUT2D eigenvalue weighted by Crippen LogP contribution is 2.38. The van der Waals surface area contributed by atoms with Gasteiger partial charge in [-0.3, -0.25) is 9.59 Å². The lowest BCUT2D eigenvalue weighted by molar-refractivity contribution is -0.113. The van der Waals surface area contributed by atoms with E-state index in [2.05, 4.69) is 16.5 Å². The predicted molar refractivity (Wildman–Crippen MR) is 102 cm³/mol. The molecule has 0 N–H and O–H groups in total. The summed E-state index contributed by atoms with van der Waals surface area (Å²) in [7, 11) is 0. The maximum absolute atomic E-state index is 12.3. The number of amides is 2. The van der Waals surface area contributed by atoms with Crippen LogP contribution in [0.2, 0.25) is 0 Å². The van der Waals surface area contributed by atoms with Gasteiger partial charge in [-0.1, -0.05) is 24.8 Å². The lowest BCUT2D eigenvalue weighted by Gasteiger charge is -2.21. The third-order valence-corrected chi connectivity index (χ3v) is 5.13. The first-order valence-corrected chi connectivity index (χ1v) is 9.12. The van der Waals surface area contributed by atoms with Gasteiger partial charge in [0, 0.05) is 19.2 Å². The third kappa shape index (κ3) is 3.06. The topological polar surface area (TPSA) is 62.7 Å². The van der Waals surface area contributed by atoms with Gasteiger partial charge in [-0.15, -0.1) is 0 Å². The summed E-state index contributed by atoms with van der Waals surface area (Å²) in [6.45, 7) is 5.18. The number of carbonyl (C=O) groups excluding carboxylic acids is 2. The largest absolute Gasteiger partial charge is 0.486 e. The van der Waals surface area contributed by atoms with Gasteiger partial charge in [-0.2, -0.15) is 0 Å². The average Bonchev–Trinajstić information content (AvgIpc) is 3.21. The zero-order valence-electron chi connectivity index (χ0n) is 14.0. The number of ether oxygens (including phenoxy) is 1. The molecule has 0 bridgehead atoms. The number of hydrogen-bond donors (Lipinski definition) is 0. The SMILES string of the molecule is C=C1SC(=O)N(c2ccccc2O[C@@H]2CCN(c3ccccn3)C2)C1=O. The number of aromatic nitrogens is 1. The Balaban J connectivity index is 1.52. The van der Waals surface area contributed by atoms with Crippen molar-refractivity contribution in [3.05, 3.63) is 60.1 Å². The summed E-state index contributed by atoms with van der Waals surface area (Å²) in [5.74, 6) is 1.06. The fourth-order valence-electron chi connectivity index (χ4n) is 3.10. The van der Waals surface area contributed by atoms with E-state index in [-0.39, 0.29) is 16.2 Å². The Morgan fingerprint density at radius 2 is 1.96 bits per heavy atom. The van der Waals surface area contributed by atoms with Crippen LogP contribution in [-0.2, 0) is 4.79 Å². The van der Waals surface area contributed by atoms with Crippen LogP contribution < -0.4 is 14.5 Å². The summed E-state index contributed by atoms with van der Waals surface area (Å²) < 4.78 is 6.15. The highest BCUT2D eigenvalue weighted by Gasteiger charge is 2.37. The number of thioether (sulfide) groups is 1. The smallest absolute Gasteiger partial charge is 0.298 e. The second-order valence-corrected chi connectivity index (χ2v) is 7.11. The molecular weight excluding hydrogens is 350 g/mol. The van der Waals surface area contributed by atoms with Gasteiger partial charge in [0.25, 0.3) is 11.1 Å². The Bertz CT molecular complexity index is 871. The zero-order valence-corrected chi connectivity index (χ0v) is 14.8. The standard InChI is InChI=1S/C19H17N3O3S/c1-13-18(23)22(19(24)26-13)15-6-2-3-7-16(15)25-14-9-11-21(12-14)17-8-4-5-10-20-17/h2-8,10,14H,1,9,11-12H2/t14-/m1/s1. The first-order valence-electron chi connectivity index (χ1n) is 8.30. The van der Waals surface area contributed by atoms with Crippen molar-refractivity contribution < 1.29 is 14.3 Å². The van der Waals surface area contributed by atoms with Crippen molar-refractivity contribution in [2.75, 3.05) is 22.9 Å². The summed E-state index contributed by atoms with van der Waals surface area (Å²) in [4.78, 5) is 32.3. The van der Waals surface area contributed by atoms with Crippen molar-refractivity contribution in [1.29, 1.82) is 0 Å². The molecular formula is C19H17N3O3S. The normalized spacial score (nSPS) is 20.2. The molecule has 2 aliphatic heterocycles. The molecule has 6 nitrogen and oxygen atoms in total. The van der Waals surface area contributed by atoms with Crippen molar-refractivity contribution in [3.63, 3.8) is 0 Å². The monoisotopic (exact) mass is 367 g/mol. The molecule has 1 atom stereocenters. The summed E-state index contributed by atoms with van der Waals surface area (Å²) in [5.41, 5.74) is 0.463. The number of anilines is 2. The molecule has 2 fully saturated rings. The highest BCUT2D eigenvalue weighted by molar-refractivity contribution is 8.18. The number of benzene rings is 1. The third-order valence-electron chi connectivity index (χ3n) is 4.35. The van der Waals surface area contributed by atoms with Gasteiger partial charge < -0.3 is 9.64 Å². The van der Waals surface area contributed by atoms with Crippen LogP contribution in [0.4, 0.5) is 16.3 Å². The van der Waals surface area contributed by atoms with Crippen molar-refractivity contribution in [2.45, 2.75) is 12.5 Å². The van der Waals surface area contributed by atoms with Gasteiger partial charge in [-0.05, 0) is 36.0 Å². The minimum atomic E-state index is -0.391. The van der Waals surface area contributed by atoms with Gasteiger partial charge in [0.05, 0.1) is 17.1 Å². The molecule has 26 heavy (non-hydrogen) atoms. The molecule has 1 aromatic heterocycles. The second-order valence-electron chi connectivity index (χ2n) is 6.06. The van der Waals surface area contributed by atoms with Crippen molar-refractivity contribution in [1.82, 2.24) is 4.98 Å². The molecule has 132 valence electrons. The number of rotatable bonds is 4. The molecule has 0 spiro atoms. The van der Waals surface area contributed by atoms with Gasteiger partial charge in [0.2, 0.25) is 0 Å². The lowest BCUT2D eigenvalue weighted by Crippen LogP contribution is -2.29. The molecule has 0 saturated carbocycles. The van der Waals surface area contributed by atoms with Crippen LogP contribution in [0.25, 0.3) is 0 Å². The summed E-state index contributed by atoms with van der Waals surface area (Å²) in [6.07, 6.45) is 2.57. The lowest BCUT2D eigenvalue weighted by atomic mass is 10.2. The number of carbonyl (C=O) groups is 2. The molecule has 0 unspecified atom stereocenters. The molecule has 1 aromatic carbocycles. The van der Waals surface area contributed by atoms with Crippen molar-refractivity contribution >= 4 is 34.4 Å². The zero-order chi connectivity index (χ0) is 18.1. The highest BCUT2D eigenvalue weighted by atomic mass is 32.2.